The summed E-state index contributed by atoms with van der Waals surface area (Å²) in [5.41, 5.74) is 6.84. The third kappa shape index (κ3) is 4.16. The Hall–Kier alpha value is -1.17. The summed E-state index contributed by atoms with van der Waals surface area (Å²) in [7, 11) is 0. The van der Waals surface area contributed by atoms with Crippen molar-refractivity contribution in [1.29, 1.82) is 0 Å². The van der Waals surface area contributed by atoms with E-state index in [1.807, 2.05) is 19.9 Å². The molecule has 0 bridgehead atoms. The van der Waals surface area contributed by atoms with Gasteiger partial charge >= 0.3 is 0 Å². The molecule has 0 radical (unpaired) electrons. The molecule has 5 nitrogen and oxygen atoms in total. The average molecular weight is 279 g/mol. The molecular formula is C15H25N3O2. The minimum absolute atomic E-state index is 0.0932. The Morgan fingerprint density at radius 2 is 2.05 bits per heavy atom. The highest BCUT2D eigenvalue weighted by Crippen LogP contribution is 2.19. The minimum atomic E-state index is -0.684. The molecule has 1 fully saturated rings. The van der Waals surface area contributed by atoms with Crippen molar-refractivity contribution >= 4 is 0 Å². The van der Waals surface area contributed by atoms with Crippen LogP contribution in [0.25, 0.3) is 0 Å². The molecule has 5 heteroatoms. The highest BCUT2D eigenvalue weighted by molar-refractivity contribution is 5.21. The van der Waals surface area contributed by atoms with Crippen LogP contribution in [0, 0.1) is 0 Å². The first-order chi connectivity index (χ1) is 9.56. The van der Waals surface area contributed by atoms with Crippen LogP contribution < -0.4 is 10.5 Å². The van der Waals surface area contributed by atoms with Gasteiger partial charge in [-0.3, -0.25) is 0 Å². The molecule has 1 aromatic heterocycles. The van der Waals surface area contributed by atoms with Gasteiger partial charge in [0.05, 0.1) is 12.2 Å². The summed E-state index contributed by atoms with van der Waals surface area (Å²) in [4.78, 5) is 6.51. The van der Waals surface area contributed by atoms with Gasteiger partial charge in [-0.25, -0.2) is 4.98 Å². The zero-order chi connectivity index (χ0) is 14.5. The predicted octanol–water partition coefficient (Wildman–Crippen LogP) is 1.33. The molecule has 2 rings (SSSR count). The van der Waals surface area contributed by atoms with E-state index in [-0.39, 0.29) is 12.1 Å². The van der Waals surface area contributed by atoms with E-state index < -0.39 is 6.10 Å². The fraction of sp³-hybridized carbons (Fsp3) is 0.667. The normalized spacial score (nSPS) is 19.2. The summed E-state index contributed by atoms with van der Waals surface area (Å²) in [5, 5.41) is 10.3. The molecule has 1 saturated heterocycles. The molecule has 3 N–H and O–H groups in total. The summed E-state index contributed by atoms with van der Waals surface area (Å²) in [6.07, 6.45) is 3.51. The van der Waals surface area contributed by atoms with Crippen molar-refractivity contribution in [2.45, 2.75) is 44.9 Å². The molecule has 0 amide bonds. The number of nitrogens with zero attached hydrogens (tertiary/aromatic N) is 2. The van der Waals surface area contributed by atoms with Gasteiger partial charge < -0.3 is 20.5 Å². The topological polar surface area (TPSA) is 71.6 Å². The number of hydrogen-bond donors (Lipinski definition) is 2. The second-order valence-corrected chi connectivity index (χ2v) is 5.71. The molecule has 112 valence electrons. The third-order valence-corrected chi connectivity index (χ3v) is 3.53. The molecule has 0 spiro atoms. The highest BCUT2D eigenvalue weighted by Gasteiger charge is 2.22. The van der Waals surface area contributed by atoms with E-state index in [9.17, 15) is 5.11 Å². The summed E-state index contributed by atoms with van der Waals surface area (Å²) in [5.74, 6) is 0.573. The molecule has 1 aliphatic heterocycles. The summed E-state index contributed by atoms with van der Waals surface area (Å²) in [6.45, 7) is 6.80. The number of pyridine rings is 1. The molecule has 2 heterocycles. The lowest BCUT2D eigenvalue weighted by molar-refractivity contribution is 0.125. The molecule has 20 heavy (non-hydrogen) atoms. The Labute approximate surface area is 120 Å². The maximum atomic E-state index is 10.3. The van der Waals surface area contributed by atoms with E-state index in [0.717, 1.165) is 25.2 Å². The minimum Gasteiger partial charge on any atom is -0.475 e. The SMILES string of the molecule is CC(C)Oc1ccc([C@@H](O)[C@H](N)CN2CCCC2)cn1. The van der Waals surface area contributed by atoms with Gasteiger partial charge in [0.1, 0.15) is 0 Å². The van der Waals surface area contributed by atoms with E-state index >= 15 is 0 Å². The van der Waals surface area contributed by atoms with Crippen LogP contribution in [-0.2, 0) is 0 Å². The smallest absolute Gasteiger partial charge is 0.213 e. The van der Waals surface area contributed by atoms with Crippen molar-refractivity contribution in [3.8, 4) is 5.88 Å². The van der Waals surface area contributed by atoms with Crippen molar-refractivity contribution in [2.24, 2.45) is 5.73 Å². The molecule has 0 aromatic carbocycles. The quantitative estimate of drug-likeness (QED) is 0.822. The number of aromatic nitrogens is 1. The molecule has 0 unspecified atom stereocenters. The summed E-state index contributed by atoms with van der Waals surface area (Å²) < 4.78 is 5.48. The number of nitrogens with two attached hydrogens (primary N) is 1. The maximum Gasteiger partial charge on any atom is 0.213 e. The largest absolute Gasteiger partial charge is 0.475 e. The molecule has 0 aliphatic carbocycles. The number of hydrogen-bond acceptors (Lipinski definition) is 5. The number of aliphatic hydroxyl groups is 1. The Bertz CT molecular complexity index is 402. The lowest BCUT2D eigenvalue weighted by atomic mass is 10.0. The first-order valence-electron chi connectivity index (χ1n) is 7.35. The average Bonchev–Trinajstić information content (AvgIpc) is 2.91. The Morgan fingerprint density at radius 1 is 1.35 bits per heavy atom. The van der Waals surface area contributed by atoms with Crippen LogP contribution in [-0.4, -0.2) is 46.8 Å². The van der Waals surface area contributed by atoms with Gasteiger partial charge in [0, 0.05) is 30.4 Å². The first kappa shape index (κ1) is 15.2. The highest BCUT2D eigenvalue weighted by atomic mass is 16.5. The van der Waals surface area contributed by atoms with Crippen molar-refractivity contribution in [3.63, 3.8) is 0 Å². The van der Waals surface area contributed by atoms with Crippen LogP contribution in [0.4, 0.5) is 0 Å². The number of ether oxygens (including phenoxy) is 1. The van der Waals surface area contributed by atoms with Gasteiger partial charge in [-0.2, -0.15) is 0 Å². The van der Waals surface area contributed by atoms with Crippen LogP contribution in [0.3, 0.4) is 0 Å². The third-order valence-electron chi connectivity index (χ3n) is 3.53. The van der Waals surface area contributed by atoms with Gasteiger partial charge in [-0.05, 0) is 45.8 Å². The number of aliphatic hydroxyl groups excluding tert-OH is 1. The molecular weight excluding hydrogens is 254 g/mol. The standard InChI is InChI=1S/C15H25N3O2/c1-11(2)20-14-6-5-12(9-17-14)15(19)13(16)10-18-7-3-4-8-18/h5-6,9,11,13,15,19H,3-4,7-8,10,16H2,1-2H3/t13-,15-/m1/s1. The van der Waals surface area contributed by atoms with Crippen LogP contribution in [0.15, 0.2) is 18.3 Å². The monoisotopic (exact) mass is 279 g/mol. The van der Waals surface area contributed by atoms with Crippen molar-refractivity contribution < 1.29 is 9.84 Å². The van der Waals surface area contributed by atoms with Gasteiger partial charge in [0.2, 0.25) is 5.88 Å². The lowest BCUT2D eigenvalue weighted by Crippen LogP contribution is -2.40. The van der Waals surface area contributed by atoms with Crippen LogP contribution in [0.2, 0.25) is 0 Å². The second-order valence-electron chi connectivity index (χ2n) is 5.71. The molecule has 1 aromatic rings. The van der Waals surface area contributed by atoms with Crippen LogP contribution >= 0.6 is 0 Å². The number of likely N-dealkylation sites (tertiary alicyclic amines) is 1. The van der Waals surface area contributed by atoms with Crippen molar-refractivity contribution in [1.82, 2.24) is 9.88 Å². The number of rotatable bonds is 6. The zero-order valence-corrected chi connectivity index (χ0v) is 12.3. The molecule has 2 atom stereocenters. The zero-order valence-electron chi connectivity index (χ0n) is 12.3. The van der Waals surface area contributed by atoms with Gasteiger partial charge in [-0.15, -0.1) is 0 Å². The van der Waals surface area contributed by atoms with E-state index in [1.54, 1.807) is 12.3 Å². The summed E-state index contributed by atoms with van der Waals surface area (Å²) >= 11 is 0. The van der Waals surface area contributed by atoms with Crippen LogP contribution in [0.1, 0.15) is 38.4 Å². The second kappa shape index (κ2) is 7.02. The van der Waals surface area contributed by atoms with E-state index in [4.69, 9.17) is 10.5 Å². The van der Waals surface area contributed by atoms with E-state index in [0.29, 0.717) is 5.88 Å². The fourth-order valence-electron chi connectivity index (χ4n) is 2.49. The maximum absolute atomic E-state index is 10.3. The van der Waals surface area contributed by atoms with Gasteiger partial charge in [-0.1, -0.05) is 0 Å². The first-order valence-corrected chi connectivity index (χ1v) is 7.35. The Morgan fingerprint density at radius 3 is 2.60 bits per heavy atom. The Balaban J connectivity index is 1.91. The lowest BCUT2D eigenvalue weighted by Gasteiger charge is -2.24. The fourth-order valence-corrected chi connectivity index (χ4v) is 2.49. The van der Waals surface area contributed by atoms with E-state index in [2.05, 4.69) is 9.88 Å². The molecule has 1 aliphatic rings. The summed E-state index contributed by atoms with van der Waals surface area (Å²) in [6, 6.07) is 3.33. The predicted molar refractivity (Wildman–Crippen MR) is 78.6 cm³/mol. The van der Waals surface area contributed by atoms with Gasteiger partial charge in [0.25, 0.3) is 0 Å². The van der Waals surface area contributed by atoms with Crippen molar-refractivity contribution in [2.75, 3.05) is 19.6 Å². The Kier molecular flexibility index (Phi) is 5.34. The molecule has 0 saturated carbocycles. The van der Waals surface area contributed by atoms with Gasteiger partial charge in [0.15, 0.2) is 0 Å². The van der Waals surface area contributed by atoms with Crippen LogP contribution in [0.5, 0.6) is 5.88 Å². The van der Waals surface area contributed by atoms with Crippen molar-refractivity contribution in [3.05, 3.63) is 23.9 Å². The van der Waals surface area contributed by atoms with E-state index in [1.165, 1.54) is 12.8 Å².